The van der Waals surface area contributed by atoms with Gasteiger partial charge in [0.25, 0.3) is 10.0 Å². The molecule has 2 heterocycles. The molecule has 4 rings (SSSR count). The van der Waals surface area contributed by atoms with Gasteiger partial charge in [-0.3, -0.25) is 4.72 Å². The molecule has 2 aromatic heterocycles. The molecule has 3 N–H and O–H groups in total. The second kappa shape index (κ2) is 4.64. The lowest BCUT2D eigenvalue weighted by molar-refractivity contribution is 0.602. The van der Waals surface area contributed by atoms with Crippen LogP contribution in [0.15, 0.2) is 65.8 Å². The molecule has 110 valence electrons. The van der Waals surface area contributed by atoms with E-state index in [1.807, 2.05) is 42.5 Å². The molecule has 0 radical (unpaired) electrons. The van der Waals surface area contributed by atoms with Gasteiger partial charge in [-0.2, -0.15) is 0 Å². The van der Waals surface area contributed by atoms with Crippen LogP contribution in [0.25, 0.3) is 21.8 Å². The van der Waals surface area contributed by atoms with Crippen molar-refractivity contribution in [2.45, 2.75) is 4.90 Å². The van der Waals surface area contributed by atoms with Gasteiger partial charge in [-0.05, 0) is 12.1 Å². The maximum atomic E-state index is 12.7. The number of rotatable bonds is 3. The Bertz CT molecular complexity index is 1080. The lowest BCUT2D eigenvalue weighted by Crippen LogP contribution is -2.12. The Morgan fingerprint density at radius 2 is 1.36 bits per heavy atom. The molecule has 0 fully saturated rings. The Kier molecular flexibility index (Phi) is 2.74. The number of para-hydroxylation sites is 2. The molecule has 0 atom stereocenters. The summed E-state index contributed by atoms with van der Waals surface area (Å²) in [4.78, 5) is 6.29. The third kappa shape index (κ3) is 1.96. The summed E-state index contributed by atoms with van der Waals surface area (Å²) in [6, 6.07) is 14.9. The second-order valence-corrected chi connectivity index (χ2v) is 6.70. The maximum Gasteiger partial charge on any atom is 0.264 e. The zero-order valence-electron chi connectivity index (χ0n) is 11.5. The Labute approximate surface area is 127 Å². The minimum atomic E-state index is -3.66. The standard InChI is InChI=1S/C16H13N3O2S/c20-22(21,16-10-18-14-8-4-2-6-12(14)16)19-15-9-17-13-7-3-1-5-11(13)15/h1-10,17-19H. The van der Waals surface area contributed by atoms with E-state index in [0.717, 1.165) is 16.4 Å². The summed E-state index contributed by atoms with van der Waals surface area (Å²) < 4.78 is 28.0. The Morgan fingerprint density at radius 3 is 2.14 bits per heavy atom. The zero-order chi connectivity index (χ0) is 15.2. The van der Waals surface area contributed by atoms with E-state index < -0.39 is 10.0 Å². The summed E-state index contributed by atoms with van der Waals surface area (Å²) in [5.74, 6) is 0. The van der Waals surface area contributed by atoms with E-state index in [1.54, 1.807) is 12.3 Å². The molecule has 22 heavy (non-hydrogen) atoms. The number of H-pyrrole nitrogens is 2. The average molecular weight is 311 g/mol. The monoisotopic (exact) mass is 311 g/mol. The first kappa shape index (κ1) is 13.0. The molecule has 5 nitrogen and oxygen atoms in total. The first-order valence-corrected chi connectivity index (χ1v) is 8.28. The summed E-state index contributed by atoms with van der Waals surface area (Å²) in [6.07, 6.45) is 3.18. The third-order valence-electron chi connectivity index (χ3n) is 3.67. The van der Waals surface area contributed by atoms with Crippen molar-refractivity contribution in [2.24, 2.45) is 0 Å². The lowest BCUT2D eigenvalue weighted by Gasteiger charge is -2.06. The van der Waals surface area contributed by atoms with Crippen LogP contribution in [-0.2, 0) is 10.0 Å². The van der Waals surface area contributed by atoms with E-state index in [-0.39, 0.29) is 4.90 Å². The van der Waals surface area contributed by atoms with Gasteiger partial charge in [0.1, 0.15) is 4.90 Å². The number of benzene rings is 2. The van der Waals surface area contributed by atoms with Crippen molar-refractivity contribution in [1.82, 2.24) is 9.97 Å². The zero-order valence-corrected chi connectivity index (χ0v) is 12.3. The number of fused-ring (bicyclic) bond motifs is 2. The van der Waals surface area contributed by atoms with E-state index >= 15 is 0 Å². The Hall–Kier alpha value is -2.73. The normalized spacial score (nSPS) is 12.0. The van der Waals surface area contributed by atoms with Crippen LogP contribution in [0.4, 0.5) is 5.69 Å². The summed E-state index contributed by atoms with van der Waals surface area (Å²) in [5, 5.41) is 1.51. The van der Waals surface area contributed by atoms with Gasteiger partial charge in [0, 0.05) is 34.2 Å². The first-order valence-electron chi connectivity index (χ1n) is 6.80. The number of aromatic nitrogens is 2. The van der Waals surface area contributed by atoms with Crippen molar-refractivity contribution >= 4 is 37.5 Å². The minimum Gasteiger partial charge on any atom is -0.360 e. The predicted octanol–water partition coefficient (Wildman–Crippen LogP) is 3.45. The maximum absolute atomic E-state index is 12.7. The number of hydrogen-bond donors (Lipinski definition) is 3. The molecule has 0 amide bonds. The van der Waals surface area contributed by atoms with E-state index in [1.165, 1.54) is 6.20 Å². The molecule has 0 aliphatic heterocycles. The number of sulfonamides is 1. The van der Waals surface area contributed by atoms with Gasteiger partial charge in [-0.15, -0.1) is 0 Å². The number of aromatic amines is 2. The average Bonchev–Trinajstić information content (AvgIpc) is 3.12. The molecular formula is C16H13N3O2S. The van der Waals surface area contributed by atoms with Crippen LogP contribution in [0.2, 0.25) is 0 Å². The molecule has 0 spiro atoms. The highest BCUT2D eigenvalue weighted by atomic mass is 32.2. The molecule has 0 saturated carbocycles. The Morgan fingerprint density at radius 1 is 0.773 bits per heavy atom. The molecule has 0 saturated heterocycles. The molecule has 0 aliphatic rings. The van der Waals surface area contributed by atoms with Crippen molar-refractivity contribution in [2.75, 3.05) is 4.72 Å². The highest BCUT2D eigenvalue weighted by Crippen LogP contribution is 2.28. The SMILES string of the molecule is O=S(=O)(Nc1c[nH]c2ccccc12)c1c[nH]c2ccccc12. The fourth-order valence-corrected chi connectivity index (χ4v) is 3.87. The van der Waals surface area contributed by atoms with Crippen molar-refractivity contribution < 1.29 is 8.42 Å². The van der Waals surface area contributed by atoms with Crippen LogP contribution in [-0.4, -0.2) is 18.4 Å². The summed E-state index contributed by atoms with van der Waals surface area (Å²) in [5.41, 5.74) is 2.22. The van der Waals surface area contributed by atoms with E-state index in [9.17, 15) is 8.42 Å². The van der Waals surface area contributed by atoms with E-state index in [0.29, 0.717) is 11.1 Å². The van der Waals surface area contributed by atoms with Crippen LogP contribution in [0.5, 0.6) is 0 Å². The van der Waals surface area contributed by atoms with Crippen molar-refractivity contribution in [1.29, 1.82) is 0 Å². The summed E-state index contributed by atoms with van der Waals surface area (Å²) in [6.45, 7) is 0. The first-order chi connectivity index (χ1) is 10.6. The van der Waals surface area contributed by atoms with Crippen molar-refractivity contribution in [3.05, 3.63) is 60.9 Å². The second-order valence-electron chi connectivity index (χ2n) is 5.05. The highest BCUT2D eigenvalue weighted by Gasteiger charge is 2.20. The smallest absolute Gasteiger partial charge is 0.264 e. The van der Waals surface area contributed by atoms with Gasteiger partial charge in [0.15, 0.2) is 0 Å². The molecular weight excluding hydrogens is 298 g/mol. The highest BCUT2D eigenvalue weighted by molar-refractivity contribution is 7.93. The van der Waals surface area contributed by atoms with E-state index in [2.05, 4.69) is 14.7 Å². The quantitative estimate of drug-likeness (QED) is 0.542. The largest absolute Gasteiger partial charge is 0.360 e. The number of anilines is 1. The van der Waals surface area contributed by atoms with Gasteiger partial charge in [-0.1, -0.05) is 36.4 Å². The fourth-order valence-electron chi connectivity index (χ4n) is 2.62. The topological polar surface area (TPSA) is 77.8 Å². The minimum absolute atomic E-state index is 0.244. The summed E-state index contributed by atoms with van der Waals surface area (Å²) in [7, 11) is -3.66. The Balaban J connectivity index is 1.81. The number of nitrogens with one attached hydrogen (secondary N) is 3. The number of hydrogen-bond acceptors (Lipinski definition) is 2. The van der Waals surface area contributed by atoms with Crippen LogP contribution in [0.1, 0.15) is 0 Å². The summed E-state index contributed by atoms with van der Waals surface area (Å²) >= 11 is 0. The molecule has 2 aromatic carbocycles. The van der Waals surface area contributed by atoms with Gasteiger partial charge < -0.3 is 9.97 Å². The predicted molar refractivity (Wildman–Crippen MR) is 87.4 cm³/mol. The fraction of sp³-hybridized carbons (Fsp3) is 0. The lowest BCUT2D eigenvalue weighted by atomic mass is 10.2. The molecule has 6 heteroatoms. The molecule has 0 unspecified atom stereocenters. The molecule has 4 aromatic rings. The van der Waals surface area contributed by atoms with Gasteiger partial charge >= 0.3 is 0 Å². The van der Waals surface area contributed by atoms with Crippen LogP contribution >= 0.6 is 0 Å². The van der Waals surface area contributed by atoms with Crippen LogP contribution in [0.3, 0.4) is 0 Å². The van der Waals surface area contributed by atoms with Crippen molar-refractivity contribution in [3.63, 3.8) is 0 Å². The van der Waals surface area contributed by atoms with E-state index in [4.69, 9.17) is 0 Å². The van der Waals surface area contributed by atoms with Gasteiger partial charge in [0.2, 0.25) is 0 Å². The van der Waals surface area contributed by atoms with Crippen LogP contribution < -0.4 is 4.72 Å². The van der Waals surface area contributed by atoms with Gasteiger partial charge in [-0.25, -0.2) is 8.42 Å². The van der Waals surface area contributed by atoms with Gasteiger partial charge in [0.05, 0.1) is 5.69 Å². The van der Waals surface area contributed by atoms with Crippen LogP contribution in [0, 0.1) is 0 Å². The third-order valence-corrected chi connectivity index (χ3v) is 5.08. The molecule has 0 bridgehead atoms. The molecule has 0 aliphatic carbocycles. The van der Waals surface area contributed by atoms with Crippen molar-refractivity contribution in [3.8, 4) is 0 Å².